The van der Waals surface area contributed by atoms with Gasteiger partial charge >= 0.3 is 18.0 Å². The zero-order chi connectivity index (χ0) is 27.4. The molecule has 0 unspecified atom stereocenters. The summed E-state index contributed by atoms with van der Waals surface area (Å²) in [6.07, 6.45) is 6.03. The number of carbonyl (C=O) groups is 4. The van der Waals surface area contributed by atoms with Gasteiger partial charge in [0.05, 0.1) is 23.6 Å². The maximum Gasteiger partial charge on any atom is 0.338 e. The van der Waals surface area contributed by atoms with Crippen LogP contribution in [0.5, 0.6) is 0 Å². The standard InChI is InChI=1S/C26H32N4O8/c1-3-37-24(33)26-15-18(26)8-6-4-5-7-13-28(2)25(34)29-16-20(14-21(29)22(31)27-26)38-23(32)17-9-11-19(12-10-17)30(35)36/h6,8-12,18,20-21H,3-5,7,13-16H2,1-2H3,(H,27,31)/b8-6-/t18-,20-,21+,26-/m1/s1. The lowest BCUT2D eigenvalue weighted by Gasteiger charge is -2.30. The lowest BCUT2D eigenvalue weighted by atomic mass is 10.1. The number of ether oxygens (including phenoxy) is 2. The number of nitrogens with zero attached hydrogens (tertiary/aromatic N) is 3. The third kappa shape index (κ3) is 5.63. The number of nitro groups is 1. The summed E-state index contributed by atoms with van der Waals surface area (Å²) in [7, 11) is 1.66. The van der Waals surface area contributed by atoms with Gasteiger partial charge in [-0.15, -0.1) is 0 Å². The van der Waals surface area contributed by atoms with E-state index in [1.807, 2.05) is 12.2 Å². The van der Waals surface area contributed by atoms with Crippen molar-refractivity contribution in [2.75, 3.05) is 26.7 Å². The van der Waals surface area contributed by atoms with Crippen LogP contribution in [0.2, 0.25) is 0 Å². The highest BCUT2D eigenvalue weighted by Gasteiger charge is 2.62. The average molecular weight is 529 g/mol. The van der Waals surface area contributed by atoms with Crippen LogP contribution in [-0.2, 0) is 19.1 Å². The Labute approximate surface area is 220 Å². The summed E-state index contributed by atoms with van der Waals surface area (Å²) in [5.41, 5.74) is -1.22. The van der Waals surface area contributed by atoms with Crippen molar-refractivity contribution in [3.8, 4) is 0 Å². The molecule has 1 N–H and O–H groups in total. The van der Waals surface area contributed by atoms with Gasteiger partial charge in [0.15, 0.2) is 0 Å². The summed E-state index contributed by atoms with van der Waals surface area (Å²) in [6.45, 7) is 2.37. The second kappa shape index (κ2) is 11.2. The zero-order valence-corrected chi connectivity index (χ0v) is 21.5. The Bertz CT molecular complexity index is 1140. The highest BCUT2D eigenvalue weighted by Crippen LogP contribution is 2.46. The molecule has 3 amide bonds. The molecule has 1 aliphatic carbocycles. The molecule has 1 aromatic carbocycles. The zero-order valence-electron chi connectivity index (χ0n) is 21.5. The fraction of sp³-hybridized carbons (Fsp3) is 0.538. The molecule has 0 spiro atoms. The molecular weight excluding hydrogens is 496 g/mol. The first kappa shape index (κ1) is 27.1. The molecule has 2 heterocycles. The van der Waals surface area contributed by atoms with Gasteiger partial charge < -0.3 is 24.6 Å². The van der Waals surface area contributed by atoms with Crippen LogP contribution in [0.3, 0.4) is 0 Å². The van der Waals surface area contributed by atoms with Gasteiger partial charge in [0.2, 0.25) is 5.91 Å². The Morgan fingerprint density at radius 2 is 1.95 bits per heavy atom. The summed E-state index contributed by atoms with van der Waals surface area (Å²) in [4.78, 5) is 65.6. The molecule has 4 rings (SSSR count). The molecule has 38 heavy (non-hydrogen) atoms. The van der Waals surface area contributed by atoms with Crippen molar-refractivity contribution in [2.24, 2.45) is 5.92 Å². The largest absolute Gasteiger partial charge is 0.464 e. The monoisotopic (exact) mass is 528 g/mol. The minimum Gasteiger partial charge on any atom is -0.464 e. The van der Waals surface area contributed by atoms with Gasteiger partial charge in [-0.3, -0.25) is 14.9 Å². The normalized spacial score (nSPS) is 28.3. The van der Waals surface area contributed by atoms with Gasteiger partial charge in [-0.05, 0) is 44.7 Å². The highest BCUT2D eigenvalue weighted by molar-refractivity contribution is 5.95. The summed E-state index contributed by atoms with van der Waals surface area (Å²) >= 11 is 0. The fourth-order valence-corrected chi connectivity index (χ4v) is 4.98. The van der Waals surface area contributed by atoms with Crippen molar-refractivity contribution in [2.45, 2.75) is 56.7 Å². The van der Waals surface area contributed by atoms with Crippen LogP contribution in [-0.4, -0.2) is 83.0 Å². The fourth-order valence-electron chi connectivity index (χ4n) is 4.98. The molecule has 4 atom stereocenters. The summed E-state index contributed by atoms with van der Waals surface area (Å²) < 4.78 is 10.9. The van der Waals surface area contributed by atoms with Crippen molar-refractivity contribution in [1.82, 2.24) is 15.1 Å². The molecule has 3 aliphatic rings. The molecule has 0 aromatic heterocycles. The van der Waals surface area contributed by atoms with E-state index >= 15 is 0 Å². The van der Waals surface area contributed by atoms with Crippen LogP contribution in [0.15, 0.2) is 36.4 Å². The van der Waals surface area contributed by atoms with Crippen molar-refractivity contribution < 1.29 is 33.6 Å². The molecule has 1 saturated heterocycles. The molecule has 204 valence electrons. The number of fused-ring (bicyclic) bond motifs is 2. The van der Waals surface area contributed by atoms with E-state index in [0.29, 0.717) is 13.0 Å². The Hall–Kier alpha value is -3.96. The number of hydrogen-bond donors (Lipinski definition) is 1. The van der Waals surface area contributed by atoms with Gasteiger partial charge in [0, 0.05) is 38.1 Å². The van der Waals surface area contributed by atoms with E-state index in [1.54, 1.807) is 14.0 Å². The van der Waals surface area contributed by atoms with Crippen LogP contribution in [0.4, 0.5) is 10.5 Å². The number of nitrogens with one attached hydrogen (secondary N) is 1. The number of nitro benzene ring substituents is 1. The Morgan fingerprint density at radius 3 is 2.63 bits per heavy atom. The number of allylic oxidation sites excluding steroid dienone is 1. The van der Waals surface area contributed by atoms with Gasteiger partial charge in [-0.1, -0.05) is 12.2 Å². The molecule has 0 bridgehead atoms. The number of rotatable bonds is 5. The SMILES string of the molecule is CCOC(=O)[C@@]12C[C@H]1/C=C\CCCCN(C)C(=O)N1C[C@H](OC(=O)c3ccc([N+](=O)[O-])cc3)C[C@H]1C(=O)N2. The summed E-state index contributed by atoms with van der Waals surface area (Å²) in [5, 5.41) is 13.7. The van der Waals surface area contributed by atoms with Crippen LogP contribution in [0.1, 0.15) is 49.4 Å². The summed E-state index contributed by atoms with van der Waals surface area (Å²) in [6, 6.07) is 3.66. The van der Waals surface area contributed by atoms with Gasteiger partial charge in [-0.25, -0.2) is 14.4 Å². The van der Waals surface area contributed by atoms with Crippen LogP contribution < -0.4 is 5.32 Å². The number of amides is 3. The smallest absolute Gasteiger partial charge is 0.338 e. The second-order valence-corrected chi connectivity index (χ2v) is 9.85. The van der Waals surface area contributed by atoms with Gasteiger partial charge in [-0.2, -0.15) is 0 Å². The molecule has 1 aromatic rings. The maximum atomic E-state index is 13.5. The van der Waals surface area contributed by atoms with Crippen LogP contribution in [0.25, 0.3) is 0 Å². The van der Waals surface area contributed by atoms with E-state index < -0.39 is 40.5 Å². The number of urea groups is 1. The van der Waals surface area contributed by atoms with Crippen LogP contribution >= 0.6 is 0 Å². The number of carbonyl (C=O) groups excluding carboxylic acids is 4. The maximum absolute atomic E-state index is 13.5. The molecule has 0 radical (unpaired) electrons. The first-order valence-corrected chi connectivity index (χ1v) is 12.8. The van der Waals surface area contributed by atoms with Gasteiger partial charge in [0.25, 0.3) is 5.69 Å². The van der Waals surface area contributed by atoms with E-state index in [0.717, 1.165) is 19.3 Å². The first-order valence-electron chi connectivity index (χ1n) is 12.8. The molecule has 1 saturated carbocycles. The molecular formula is C26H32N4O8. The Balaban J connectivity index is 1.54. The van der Waals surface area contributed by atoms with Crippen LogP contribution in [0, 0.1) is 16.0 Å². The predicted octanol–water partition coefficient (Wildman–Crippen LogP) is 2.42. The van der Waals surface area contributed by atoms with E-state index in [4.69, 9.17) is 9.47 Å². The quantitative estimate of drug-likeness (QED) is 0.265. The Kier molecular flexibility index (Phi) is 7.98. The Morgan fingerprint density at radius 1 is 1.21 bits per heavy atom. The van der Waals surface area contributed by atoms with Gasteiger partial charge in [0.1, 0.15) is 17.7 Å². The lowest BCUT2D eigenvalue weighted by Crippen LogP contribution is -2.55. The van der Waals surface area contributed by atoms with E-state index in [1.165, 1.54) is 34.1 Å². The average Bonchev–Trinajstić information content (AvgIpc) is 3.42. The molecule has 2 aliphatic heterocycles. The highest BCUT2D eigenvalue weighted by atomic mass is 16.6. The third-order valence-corrected chi connectivity index (χ3v) is 7.21. The van der Waals surface area contributed by atoms with Crippen molar-refractivity contribution in [3.63, 3.8) is 0 Å². The van der Waals surface area contributed by atoms with E-state index in [2.05, 4.69) is 5.32 Å². The minimum absolute atomic E-state index is 0.00425. The number of hydrogen-bond acceptors (Lipinski definition) is 8. The predicted molar refractivity (Wildman–Crippen MR) is 134 cm³/mol. The van der Waals surface area contributed by atoms with E-state index in [-0.39, 0.29) is 42.8 Å². The number of esters is 2. The topological polar surface area (TPSA) is 148 Å². The first-order chi connectivity index (χ1) is 18.2. The number of non-ortho nitro benzene ring substituents is 1. The molecule has 12 heteroatoms. The minimum atomic E-state index is -1.18. The number of benzene rings is 1. The van der Waals surface area contributed by atoms with E-state index in [9.17, 15) is 29.3 Å². The second-order valence-electron chi connectivity index (χ2n) is 9.85. The molecule has 12 nitrogen and oxygen atoms in total. The third-order valence-electron chi connectivity index (χ3n) is 7.21. The van der Waals surface area contributed by atoms with Crippen molar-refractivity contribution >= 4 is 29.6 Å². The lowest BCUT2D eigenvalue weighted by molar-refractivity contribution is -0.384. The van der Waals surface area contributed by atoms with Crippen molar-refractivity contribution in [1.29, 1.82) is 0 Å². The van der Waals surface area contributed by atoms with Crippen molar-refractivity contribution in [3.05, 3.63) is 52.1 Å². The summed E-state index contributed by atoms with van der Waals surface area (Å²) in [5.74, 6) is -1.93. The molecule has 2 fully saturated rings.